The molecule has 0 spiro atoms. The van der Waals surface area contributed by atoms with Crippen molar-refractivity contribution in [2.75, 3.05) is 5.32 Å². The molecule has 2 rings (SSSR count). The first kappa shape index (κ1) is 12.3. The van der Waals surface area contributed by atoms with Crippen molar-refractivity contribution in [2.45, 2.75) is 0 Å². The molecule has 0 saturated carbocycles. The summed E-state index contributed by atoms with van der Waals surface area (Å²) in [6.07, 6.45) is 2.70. The minimum absolute atomic E-state index is 0.00466. The topological polar surface area (TPSA) is 75.1 Å². The number of aromatic nitrogens is 2. The molecule has 1 amide bonds. The molecule has 0 atom stereocenters. The van der Waals surface area contributed by atoms with Crippen LogP contribution in [-0.4, -0.2) is 21.0 Å². The molecular formula is C11H7ClFN3O2. The number of amides is 1. The number of carbonyl (C=O) groups is 1. The van der Waals surface area contributed by atoms with Crippen LogP contribution in [0, 0.1) is 5.82 Å². The van der Waals surface area contributed by atoms with E-state index in [1.54, 1.807) is 0 Å². The van der Waals surface area contributed by atoms with Crippen LogP contribution in [0.4, 0.5) is 10.2 Å². The van der Waals surface area contributed by atoms with Crippen LogP contribution in [0.2, 0.25) is 5.15 Å². The molecular weight excluding hydrogens is 261 g/mol. The average Bonchev–Trinajstić information content (AvgIpc) is 2.32. The summed E-state index contributed by atoms with van der Waals surface area (Å²) in [5.74, 6) is -1.79. The molecule has 0 radical (unpaired) electrons. The molecule has 1 aromatic heterocycles. The first-order valence-corrected chi connectivity index (χ1v) is 5.22. The van der Waals surface area contributed by atoms with E-state index in [1.165, 1.54) is 18.5 Å². The number of carbonyl (C=O) groups excluding carboxylic acids is 1. The number of aromatic hydroxyl groups is 1. The number of hydrogen-bond acceptors (Lipinski definition) is 4. The van der Waals surface area contributed by atoms with E-state index in [1.807, 2.05) is 0 Å². The van der Waals surface area contributed by atoms with Gasteiger partial charge in [0.1, 0.15) is 11.6 Å². The number of phenolic OH excluding ortho intramolecular Hbond substituents is 1. The van der Waals surface area contributed by atoms with Gasteiger partial charge in [-0.1, -0.05) is 11.6 Å². The van der Waals surface area contributed by atoms with Crippen LogP contribution in [0.15, 0.2) is 30.6 Å². The third kappa shape index (κ3) is 2.54. The monoisotopic (exact) mass is 267 g/mol. The Bertz CT molecular complexity index is 607. The molecule has 2 N–H and O–H groups in total. The van der Waals surface area contributed by atoms with Gasteiger partial charge in [-0.3, -0.25) is 4.79 Å². The second-order valence-electron chi connectivity index (χ2n) is 3.31. The number of hydrogen-bond donors (Lipinski definition) is 2. The predicted octanol–water partition coefficient (Wildman–Crippen LogP) is 2.23. The van der Waals surface area contributed by atoms with Gasteiger partial charge in [0.2, 0.25) is 0 Å². The standard InChI is InChI=1S/C11H7ClFN3O2/c12-9-10(15-4-3-14-9)16-11(18)7-2-1-6(17)5-8(7)13/h1-5,17H,(H,15,16,18). The number of anilines is 1. The van der Waals surface area contributed by atoms with Gasteiger partial charge in [-0.2, -0.15) is 0 Å². The third-order valence-corrected chi connectivity index (χ3v) is 2.36. The lowest BCUT2D eigenvalue weighted by atomic mass is 10.2. The van der Waals surface area contributed by atoms with Crippen LogP contribution < -0.4 is 5.32 Å². The third-order valence-electron chi connectivity index (χ3n) is 2.08. The molecule has 2 aromatic rings. The number of halogens is 2. The first-order chi connectivity index (χ1) is 8.58. The largest absolute Gasteiger partial charge is 0.508 e. The van der Waals surface area contributed by atoms with Gasteiger partial charge in [-0.25, -0.2) is 14.4 Å². The molecule has 1 heterocycles. The van der Waals surface area contributed by atoms with Crippen LogP contribution >= 0.6 is 11.6 Å². The fourth-order valence-corrected chi connectivity index (χ4v) is 1.42. The average molecular weight is 268 g/mol. The van der Waals surface area contributed by atoms with Crippen molar-refractivity contribution in [3.8, 4) is 5.75 Å². The molecule has 0 fully saturated rings. The summed E-state index contributed by atoms with van der Waals surface area (Å²) in [5, 5.41) is 11.4. The van der Waals surface area contributed by atoms with E-state index in [0.717, 1.165) is 12.1 Å². The number of nitrogens with one attached hydrogen (secondary N) is 1. The second kappa shape index (κ2) is 4.97. The Morgan fingerprint density at radius 3 is 2.72 bits per heavy atom. The smallest absolute Gasteiger partial charge is 0.259 e. The van der Waals surface area contributed by atoms with Gasteiger partial charge in [0, 0.05) is 18.5 Å². The highest BCUT2D eigenvalue weighted by atomic mass is 35.5. The SMILES string of the molecule is O=C(Nc1nccnc1Cl)c1ccc(O)cc1F. The van der Waals surface area contributed by atoms with E-state index >= 15 is 0 Å². The highest BCUT2D eigenvalue weighted by Gasteiger charge is 2.14. The lowest BCUT2D eigenvalue weighted by Crippen LogP contribution is -2.15. The Kier molecular flexibility index (Phi) is 3.38. The maximum atomic E-state index is 13.4. The summed E-state index contributed by atoms with van der Waals surface area (Å²) in [4.78, 5) is 19.2. The molecule has 5 nitrogen and oxygen atoms in total. The molecule has 92 valence electrons. The van der Waals surface area contributed by atoms with E-state index in [-0.39, 0.29) is 22.3 Å². The maximum Gasteiger partial charge on any atom is 0.259 e. The van der Waals surface area contributed by atoms with Crippen molar-refractivity contribution in [1.82, 2.24) is 9.97 Å². The zero-order chi connectivity index (χ0) is 13.1. The quantitative estimate of drug-likeness (QED) is 0.875. The molecule has 0 unspecified atom stereocenters. The van der Waals surface area contributed by atoms with Crippen molar-refractivity contribution in [2.24, 2.45) is 0 Å². The molecule has 18 heavy (non-hydrogen) atoms. The van der Waals surface area contributed by atoms with Crippen molar-refractivity contribution in [3.63, 3.8) is 0 Å². The lowest BCUT2D eigenvalue weighted by molar-refractivity contribution is 0.102. The van der Waals surface area contributed by atoms with Gasteiger partial charge < -0.3 is 10.4 Å². The minimum Gasteiger partial charge on any atom is -0.508 e. The Balaban J connectivity index is 2.25. The fourth-order valence-electron chi connectivity index (χ4n) is 1.27. The van der Waals surface area contributed by atoms with Crippen molar-refractivity contribution in [1.29, 1.82) is 0 Å². The van der Waals surface area contributed by atoms with Gasteiger partial charge in [-0.05, 0) is 12.1 Å². The van der Waals surface area contributed by atoms with E-state index in [2.05, 4.69) is 15.3 Å². The van der Waals surface area contributed by atoms with Crippen LogP contribution in [0.3, 0.4) is 0 Å². The van der Waals surface area contributed by atoms with E-state index in [4.69, 9.17) is 16.7 Å². The summed E-state index contributed by atoms with van der Waals surface area (Å²) >= 11 is 5.70. The summed E-state index contributed by atoms with van der Waals surface area (Å²) in [6.45, 7) is 0. The van der Waals surface area contributed by atoms with E-state index < -0.39 is 11.7 Å². The van der Waals surface area contributed by atoms with Crippen molar-refractivity contribution < 1.29 is 14.3 Å². The van der Waals surface area contributed by atoms with Crippen LogP contribution in [0.5, 0.6) is 5.75 Å². The minimum atomic E-state index is -0.840. The Morgan fingerprint density at radius 1 is 1.33 bits per heavy atom. The number of benzene rings is 1. The zero-order valence-electron chi connectivity index (χ0n) is 8.89. The highest BCUT2D eigenvalue weighted by molar-refractivity contribution is 6.32. The van der Waals surface area contributed by atoms with E-state index in [9.17, 15) is 9.18 Å². The Hall–Kier alpha value is -2.21. The number of phenols is 1. The molecule has 0 aliphatic rings. The number of nitrogens with zero attached hydrogens (tertiary/aromatic N) is 2. The molecule has 0 bridgehead atoms. The summed E-state index contributed by atoms with van der Waals surface area (Å²) in [6, 6.07) is 3.20. The Morgan fingerprint density at radius 2 is 2.06 bits per heavy atom. The summed E-state index contributed by atoms with van der Waals surface area (Å²) < 4.78 is 13.4. The molecule has 0 saturated heterocycles. The van der Waals surface area contributed by atoms with Crippen LogP contribution in [0.1, 0.15) is 10.4 Å². The predicted molar refractivity (Wildman–Crippen MR) is 63.1 cm³/mol. The van der Waals surface area contributed by atoms with Crippen LogP contribution in [-0.2, 0) is 0 Å². The summed E-state index contributed by atoms with van der Waals surface area (Å²) in [5.41, 5.74) is -0.227. The van der Waals surface area contributed by atoms with Gasteiger partial charge in [0.05, 0.1) is 5.56 Å². The summed E-state index contributed by atoms with van der Waals surface area (Å²) in [7, 11) is 0. The maximum absolute atomic E-state index is 13.4. The highest BCUT2D eigenvalue weighted by Crippen LogP contribution is 2.18. The van der Waals surface area contributed by atoms with Crippen molar-refractivity contribution in [3.05, 3.63) is 47.1 Å². The fraction of sp³-hybridized carbons (Fsp3) is 0. The second-order valence-corrected chi connectivity index (χ2v) is 3.67. The van der Waals surface area contributed by atoms with Crippen LogP contribution in [0.25, 0.3) is 0 Å². The molecule has 0 aliphatic carbocycles. The molecule has 7 heteroatoms. The molecule has 1 aromatic carbocycles. The number of rotatable bonds is 2. The van der Waals surface area contributed by atoms with Gasteiger partial charge >= 0.3 is 0 Å². The normalized spacial score (nSPS) is 10.1. The van der Waals surface area contributed by atoms with E-state index in [0.29, 0.717) is 0 Å². The van der Waals surface area contributed by atoms with Gasteiger partial charge in [-0.15, -0.1) is 0 Å². The first-order valence-electron chi connectivity index (χ1n) is 4.84. The Labute approximate surface area is 106 Å². The lowest BCUT2D eigenvalue weighted by Gasteiger charge is -2.06. The zero-order valence-corrected chi connectivity index (χ0v) is 9.65. The van der Waals surface area contributed by atoms with Crippen molar-refractivity contribution >= 4 is 23.3 Å². The molecule has 0 aliphatic heterocycles. The van der Waals surface area contributed by atoms with Gasteiger partial charge in [0.25, 0.3) is 5.91 Å². The van der Waals surface area contributed by atoms with Gasteiger partial charge in [0.15, 0.2) is 11.0 Å².